The highest BCUT2D eigenvalue weighted by molar-refractivity contribution is 6.33. The number of nitrogens with two attached hydrogens (primary N) is 1. The lowest BCUT2D eigenvalue weighted by Gasteiger charge is -2.15. The summed E-state index contributed by atoms with van der Waals surface area (Å²) >= 11 is 6.38. The van der Waals surface area contributed by atoms with Crippen molar-refractivity contribution >= 4 is 29.0 Å². The normalized spacial score (nSPS) is 10.8. The van der Waals surface area contributed by atoms with E-state index in [0.717, 1.165) is 11.1 Å². The molecule has 3 N–H and O–H groups in total. The molecule has 140 valence electrons. The summed E-state index contributed by atoms with van der Waals surface area (Å²) in [6.45, 7) is 1.82. The fourth-order valence-corrected chi connectivity index (χ4v) is 3.11. The third kappa shape index (κ3) is 3.39. The smallest absolute Gasteiger partial charge is 0.313 e. The summed E-state index contributed by atoms with van der Waals surface area (Å²) in [6, 6.07) is 12.1. The van der Waals surface area contributed by atoms with E-state index in [4.69, 9.17) is 21.8 Å². The van der Waals surface area contributed by atoms with Gasteiger partial charge in [-0.25, -0.2) is 4.39 Å². The van der Waals surface area contributed by atoms with E-state index in [-0.39, 0.29) is 23.4 Å². The number of pyridine rings is 1. The fraction of sp³-hybridized carbons (Fsp3) is 0.0500. The van der Waals surface area contributed by atoms with Gasteiger partial charge in [-0.3, -0.25) is 4.98 Å². The van der Waals surface area contributed by atoms with Gasteiger partial charge in [-0.1, -0.05) is 41.0 Å². The van der Waals surface area contributed by atoms with E-state index >= 15 is 0 Å². The first-order valence-corrected chi connectivity index (χ1v) is 8.76. The Hall–Kier alpha value is -3.45. The Bertz CT molecular complexity index is 1160. The van der Waals surface area contributed by atoms with Crippen LogP contribution in [-0.4, -0.2) is 15.2 Å². The van der Waals surface area contributed by atoms with Crippen molar-refractivity contribution in [2.24, 2.45) is 0 Å². The number of halogens is 2. The predicted octanol–water partition coefficient (Wildman–Crippen LogP) is 5.23. The van der Waals surface area contributed by atoms with Gasteiger partial charge < -0.3 is 15.5 Å². The summed E-state index contributed by atoms with van der Waals surface area (Å²) < 4.78 is 19.8. The van der Waals surface area contributed by atoms with Crippen LogP contribution in [0.4, 0.5) is 21.8 Å². The minimum atomic E-state index is -0.390. The maximum Gasteiger partial charge on any atom is 0.313 e. The van der Waals surface area contributed by atoms with Crippen LogP contribution in [0.1, 0.15) is 5.56 Å². The lowest BCUT2D eigenvalue weighted by Crippen LogP contribution is -1.99. The van der Waals surface area contributed by atoms with Crippen molar-refractivity contribution in [3.8, 4) is 22.6 Å². The van der Waals surface area contributed by atoms with Crippen molar-refractivity contribution in [2.45, 2.75) is 6.92 Å². The zero-order valence-corrected chi connectivity index (χ0v) is 15.5. The first-order valence-electron chi connectivity index (χ1n) is 8.38. The Kier molecular flexibility index (Phi) is 4.67. The molecule has 2 aromatic heterocycles. The maximum atomic E-state index is 14.4. The Morgan fingerprint density at radius 2 is 1.86 bits per heavy atom. The molecule has 2 heterocycles. The molecule has 0 aliphatic rings. The number of nitrogen functional groups attached to an aromatic ring is 1. The summed E-state index contributed by atoms with van der Waals surface area (Å²) in [6.07, 6.45) is 3.18. The number of benzene rings is 2. The standard InChI is InChI=1S/C20H15ClFN5O/c1-11-6-7-16(15(22)8-11)25-17-10-24-9-13(12-4-2-3-5-14(12)21)18(17)19-26-27-20(23)28-19/h2-10,25H,1H3,(H2,23,27). The van der Waals surface area contributed by atoms with Crippen molar-refractivity contribution < 1.29 is 8.81 Å². The average molecular weight is 396 g/mol. The number of anilines is 3. The molecule has 0 saturated carbocycles. The summed E-state index contributed by atoms with van der Waals surface area (Å²) in [5.41, 5.74) is 9.08. The van der Waals surface area contributed by atoms with Crippen LogP contribution in [0.5, 0.6) is 0 Å². The van der Waals surface area contributed by atoms with Gasteiger partial charge in [0.1, 0.15) is 5.82 Å². The molecular formula is C20H15ClFN5O. The fourth-order valence-electron chi connectivity index (χ4n) is 2.87. The molecule has 4 rings (SSSR count). The summed E-state index contributed by atoms with van der Waals surface area (Å²) in [5, 5.41) is 11.3. The Morgan fingerprint density at radius 1 is 1.04 bits per heavy atom. The summed E-state index contributed by atoms with van der Waals surface area (Å²) in [5.74, 6) is -0.219. The maximum absolute atomic E-state index is 14.4. The molecule has 0 atom stereocenters. The first-order chi connectivity index (χ1) is 13.5. The van der Waals surface area contributed by atoms with Crippen LogP contribution in [-0.2, 0) is 0 Å². The van der Waals surface area contributed by atoms with Gasteiger partial charge >= 0.3 is 6.01 Å². The van der Waals surface area contributed by atoms with E-state index in [1.54, 1.807) is 30.6 Å². The second-order valence-electron chi connectivity index (χ2n) is 6.14. The Balaban J connectivity index is 1.91. The lowest BCUT2D eigenvalue weighted by molar-refractivity contribution is 0.590. The molecule has 0 bridgehead atoms. The molecule has 0 unspecified atom stereocenters. The summed E-state index contributed by atoms with van der Waals surface area (Å²) in [7, 11) is 0. The zero-order valence-electron chi connectivity index (χ0n) is 14.8. The molecule has 2 aromatic carbocycles. The van der Waals surface area contributed by atoms with Gasteiger partial charge in [-0.2, -0.15) is 0 Å². The van der Waals surface area contributed by atoms with Crippen molar-refractivity contribution in [3.63, 3.8) is 0 Å². The number of aryl methyl sites for hydroxylation is 1. The zero-order chi connectivity index (χ0) is 19.7. The molecule has 0 saturated heterocycles. The van der Waals surface area contributed by atoms with E-state index in [2.05, 4.69) is 20.5 Å². The third-order valence-corrected chi connectivity index (χ3v) is 4.49. The second kappa shape index (κ2) is 7.28. The van der Waals surface area contributed by atoms with Crippen molar-refractivity contribution in [3.05, 3.63) is 71.3 Å². The Labute approximate surface area is 165 Å². The van der Waals surface area contributed by atoms with E-state index in [1.165, 1.54) is 6.07 Å². The van der Waals surface area contributed by atoms with E-state index < -0.39 is 0 Å². The van der Waals surface area contributed by atoms with Crippen LogP contribution in [0.2, 0.25) is 5.02 Å². The molecule has 0 spiro atoms. The van der Waals surface area contributed by atoms with Gasteiger partial charge in [0.2, 0.25) is 0 Å². The van der Waals surface area contributed by atoms with Gasteiger partial charge in [0.25, 0.3) is 5.89 Å². The summed E-state index contributed by atoms with van der Waals surface area (Å²) in [4.78, 5) is 4.27. The minimum absolute atomic E-state index is 0.0793. The predicted molar refractivity (Wildman–Crippen MR) is 107 cm³/mol. The first kappa shape index (κ1) is 17.9. The molecule has 28 heavy (non-hydrogen) atoms. The SMILES string of the molecule is Cc1ccc(Nc2cncc(-c3ccccc3Cl)c2-c2nnc(N)o2)c(F)c1. The lowest BCUT2D eigenvalue weighted by atomic mass is 10.0. The quantitative estimate of drug-likeness (QED) is 0.492. The molecule has 6 nitrogen and oxygen atoms in total. The highest BCUT2D eigenvalue weighted by Crippen LogP contribution is 2.40. The molecular weight excluding hydrogens is 381 g/mol. The number of rotatable bonds is 4. The highest BCUT2D eigenvalue weighted by atomic mass is 35.5. The topological polar surface area (TPSA) is 89.9 Å². The largest absolute Gasteiger partial charge is 0.403 e. The van der Waals surface area contributed by atoms with Crippen LogP contribution < -0.4 is 11.1 Å². The van der Waals surface area contributed by atoms with Crippen LogP contribution in [0.25, 0.3) is 22.6 Å². The molecule has 0 aliphatic heterocycles. The van der Waals surface area contributed by atoms with Crippen molar-refractivity contribution in [1.82, 2.24) is 15.2 Å². The van der Waals surface area contributed by atoms with Crippen molar-refractivity contribution in [1.29, 1.82) is 0 Å². The van der Waals surface area contributed by atoms with Crippen LogP contribution in [0.3, 0.4) is 0 Å². The van der Waals surface area contributed by atoms with Gasteiger partial charge in [-0.15, -0.1) is 5.10 Å². The molecule has 0 fully saturated rings. The van der Waals surface area contributed by atoms with Crippen molar-refractivity contribution in [2.75, 3.05) is 11.1 Å². The number of nitrogens with one attached hydrogen (secondary N) is 1. The molecule has 0 radical (unpaired) electrons. The van der Waals surface area contributed by atoms with Gasteiger partial charge in [0.15, 0.2) is 0 Å². The highest BCUT2D eigenvalue weighted by Gasteiger charge is 2.20. The number of hydrogen-bond acceptors (Lipinski definition) is 6. The van der Waals surface area contributed by atoms with E-state index in [0.29, 0.717) is 21.8 Å². The van der Waals surface area contributed by atoms with Crippen LogP contribution in [0, 0.1) is 12.7 Å². The number of hydrogen-bond donors (Lipinski definition) is 2. The third-order valence-electron chi connectivity index (χ3n) is 4.16. The molecule has 0 amide bonds. The average Bonchev–Trinajstić information content (AvgIpc) is 3.10. The molecule has 8 heteroatoms. The number of nitrogens with zero attached hydrogens (tertiary/aromatic N) is 3. The minimum Gasteiger partial charge on any atom is -0.403 e. The van der Waals surface area contributed by atoms with Gasteiger partial charge in [-0.05, 0) is 30.7 Å². The van der Waals surface area contributed by atoms with Crippen LogP contribution in [0.15, 0.2) is 59.3 Å². The monoisotopic (exact) mass is 395 g/mol. The van der Waals surface area contributed by atoms with E-state index in [9.17, 15) is 4.39 Å². The van der Waals surface area contributed by atoms with Gasteiger partial charge in [0.05, 0.1) is 23.1 Å². The molecule has 4 aromatic rings. The van der Waals surface area contributed by atoms with Crippen LogP contribution >= 0.6 is 11.6 Å². The number of aromatic nitrogens is 3. The van der Waals surface area contributed by atoms with Gasteiger partial charge in [0, 0.05) is 22.3 Å². The second-order valence-corrected chi connectivity index (χ2v) is 6.55. The van der Waals surface area contributed by atoms with E-state index in [1.807, 2.05) is 25.1 Å². The Morgan fingerprint density at radius 3 is 2.57 bits per heavy atom. The molecule has 0 aliphatic carbocycles.